The van der Waals surface area contributed by atoms with Gasteiger partial charge in [0.1, 0.15) is 17.3 Å². The van der Waals surface area contributed by atoms with Gasteiger partial charge in [-0.05, 0) is 11.6 Å². The summed E-state index contributed by atoms with van der Waals surface area (Å²) in [6.45, 7) is 0. The first kappa shape index (κ1) is 9.60. The maximum atomic E-state index is 8.52. The van der Waals surface area contributed by atoms with E-state index in [2.05, 4.69) is 10.3 Å². The molecule has 0 aromatic heterocycles. The topological polar surface area (TPSA) is 72.0 Å². The zero-order valence-electron chi connectivity index (χ0n) is 6.17. The van der Waals surface area contributed by atoms with E-state index in [1.54, 1.807) is 12.1 Å². The fourth-order valence-electron chi connectivity index (χ4n) is 0.688. The lowest BCUT2D eigenvalue weighted by Crippen LogP contribution is -2.18. The van der Waals surface area contributed by atoms with Gasteiger partial charge in [-0.15, -0.1) is 0 Å². The monoisotopic (exact) mass is 212 g/mol. The second kappa shape index (κ2) is 3.95. The Morgan fingerprint density at radius 2 is 2.00 bits per heavy atom. The highest BCUT2D eigenvalue weighted by atomic mass is 35.5. The molecule has 0 aromatic rings. The van der Waals surface area contributed by atoms with E-state index in [1.807, 2.05) is 0 Å². The maximum Gasteiger partial charge on any atom is 0.201 e. The van der Waals surface area contributed by atoms with Crippen molar-refractivity contribution in [2.24, 2.45) is 4.99 Å². The Balaban J connectivity index is 3.21. The number of nitriles is 2. The molecule has 1 N–H and O–H groups in total. The summed E-state index contributed by atoms with van der Waals surface area (Å²) in [5.74, 6) is 0. The molecule has 0 saturated heterocycles. The number of aliphatic imine (C=N–C) groups is 1. The summed E-state index contributed by atoms with van der Waals surface area (Å²) in [7, 11) is 0. The summed E-state index contributed by atoms with van der Waals surface area (Å²) in [5.41, 5.74) is 0.0385. The number of halogens is 2. The summed E-state index contributed by atoms with van der Waals surface area (Å²) in [6.07, 6.45) is 1.36. The number of nitrogens with one attached hydrogen (secondary N) is 1. The average molecular weight is 213 g/mol. The maximum absolute atomic E-state index is 8.52. The molecule has 13 heavy (non-hydrogen) atoms. The van der Waals surface area contributed by atoms with Crippen LogP contribution in [0, 0.1) is 22.7 Å². The normalized spacial score (nSPS) is 14.6. The molecule has 0 atom stereocenters. The van der Waals surface area contributed by atoms with Crippen molar-refractivity contribution in [3.05, 3.63) is 22.5 Å². The van der Waals surface area contributed by atoms with Crippen LogP contribution in [0.15, 0.2) is 27.5 Å². The van der Waals surface area contributed by atoms with Crippen molar-refractivity contribution in [3.8, 4) is 12.1 Å². The number of hydrogen-bond donors (Lipinski definition) is 1. The van der Waals surface area contributed by atoms with Gasteiger partial charge in [0.15, 0.2) is 5.57 Å². The van der Waals surface area contributed by atoms with Crippen molar-refractivity contribution < 1.29 is 0 Å². The van der Waals surface area contributed by atoms with Crippen LogP contribution < -0.4 is 5.32 Å². The Morgan fingerprint density at radius 3 is 2.46 bits per heavy atom. The Bertz CT molecular complexity index is 369. The van der Waals surface area contributed by atoms with Crippen LogP contribution in [0.1, 0.15) is 0 Å². The predicted molar refractivity (Wildman–Crippen MR) is 48.6 cm³/mol. The first-order valence-electron chi connectivity index (χ1n) is 3.10. The van der Waals surface area contributed by atoms with E-state index in [0.29, 0.717) is 0 Å². The van der Waals surface area contributed by atoms with Crippen molar-refractivity contribution in [2.45, 2.75) is 0 Å². The molecular weight excluding hydrogens is 211 g/mol. The summed E-state index contributed by atoms with van der Waals surface area (Å²) in [5, 5.41) is 19.8. The van der Waals surface area contributed by atoms with Gasteiger partial charge in [0, 0.05) is 6.08 Å². The Hall–Kier alpha value is -1.49. The molecule has 0 spiro atoms. The molecule has 0 aliphatic carbocycles. The third-order valence-corrected chi connectivity index (χ3v) is 1.57. The minimum absolute atomic E-state index is 0.0329. The van der Waals surface area contributed by atoms with Crippen LogP contribution >= 0.6 is 23.2 Å². The minimum Gasteiger partial charge on any atom is -0.321 e. The molecule has 6 heteroatoms. The van der Waals surface area contributed by atoms with E-state index < -0.39 is 0 Å². The third kappa shape index (κ3) is 2.22. The molecule has 1 heterocycles. The van der Waals surface area contributed by atoms with Gasteiger partial charge in [0.2, 0.25) is 5.29 Å². The van der Waals surface area contributed by atoms with Crippen molar-refractivity contribution in [2.75, 3.05) is 0 Å². The van der Waals surface area contributed by atoms with Crippen molar-refractivity contribution in [1.29, 1.82) is 10.5 Å². The van der Waals surface area contributed by atoms with Crippen molar-refractivity contribution in [3.63, 3.8) is 0 Å². The summed E-state index contributed by atoms with van der Waals surface area (Å²) in [4.78, 5) is 3.72. The van der Waals surface area contributed by atoms with E-state index in [4.69, 9.17) is 33.7 Å². The molecule has 0 fully saturated rings. The molecule has 1 aliphatic heterocycles. The molecule has 0 amide bonds. The molecular formula is C7H2Cl2N4. The van der Waals surface area contributed by atoms with Gasteiger partial charge in [-0.25, -0.2) is 4.99 Å². The smallest absolute Gasteiger partial charge is 0.201 e. The second-order valence-corrected chi connectivity index (χ2v) is 2.77. The highest BCUT2D eigenvalue weighted by Gasteiger charge is 2.10. The van der Waals surface area contributed by atoms with E-state index in [1.165, 1.54) is 6.08 Å². The summed E-state index contributed by atoms with van der Waals surface area (Å²) >= 11 is 11.1. The zero-order valence-corrected chi connectivity index (χ0v) is 7.69. The number of amidine groups is 1. The number of hydrogen-bond acceptors (Lipinski definition) is 4. The highest BCUT2D eigenvalue weighted by Crippen LogP contribution is 2.16. The molecule has 0 aromatic carbocycles. The molecule has 0 saturated carbocycles. The van der Waals surface area contributed by atoms with Crippen molar-refractivity contribution in [1.82, 2.24) is 5.32 Å². The quantitative estimate of drug-likeness (QED) is 0.490. The average Bonchev–Trinajstić information content (AvgIpc) is 2.04. The van der Waals surface area contributed by atoms with Gasteiger partial charge in [-0.2, -0.15) is 10.5 Å². The lowest BCUT2D eigenvalue weighted by Gasteiger charge is -2.08. The van der Waals surface area contributed by atoms with Crippen LogP contribution in [0.5, 0.6) is 0 Å². The lowest BCUT2D eigenvalue weighted by atomic mass is 10.2. The van der Waals surface area contributed by atoms with Gasteiger partial charge in [0.05, 0.1) is 5.70 Å². The number of allylic oxidation sites excluding steroid dienone is 2. The van der Waals surface area contributed by atoms with Crippen LogP contribution in [0.2, 0.25) is 0 Å². The number of nitrogens with zero attached hydrogens (tertiary/aromatic N) is 3. The molecule has 0 radical (unpaired) electrons. The highest BCUT2D eigenvalue weighted by molar-refractivity contribution is 6.65. The molecule has 1 aliphatic rings. The van der Waals surface area contributed by atoms with Gasteiger partial charge in [-0.1, -0.05) is 11.6 Å². The molecule has 64 valence electrons. The first-order valence-corrected chi connectivity index (χ1v) is 3.86. The van der Waals surface area contributed by atoms with E-state index in [-0.39, 0.29) is 21.7 Å². The van der Waals surface area contributed by atoms with Crippen LogP contribution in [0.4, 0.5) is 0 Å². The molecule has 0 bridgehead atoms. The van der Waals surface area contributed by atoms with Crippen LogP contribution in [-0.4, -0.2) is 5.29 Å². The van der Waals surface area contributed by atoms with Gasteiger partial charge < -0.3 is 5.32 Å². The van der Waals surface area contributed by atoms with E-state index in [0.717, 1.165) is 0 Å². The van der Waals surface area contributed by atoms with Gasteiger partial charge in [0.25, 0.3) is 0 Å². The van der Waals surface area contributed by atoms with Crippen LogP contribution in [0.3, 0.4) is 0 Å². The molecule has 0 unspecified atom stereocenters. The third-order valence-electron chi connectivity index (χ3n) is 1.18. The minimum atomic E-state index is -0.127. The van der Waals surface area contributed by atoms with Gasteiger partial charge >= 0.3 is 0 Å². The fraction of sp³-hybridized carbons (Fsp3) is 0. The van der Waals surface area contributed by atoms with Crippen molar-refractivity contribution >= 4 is 28.5 Å². The Labute approximate surface area is 84.4 Å². The number of rotatable bonds is 0. The largest absolute Gasteiger partial charge is 0.321 e. The van der Waals surface area contributed by atoms with Crippen LogP contribution in [0.25, 0.3) is 0 Å². The molecule has 1 rings (SSSR count). The van der Waals surface area contributed by atoms with E-state index in [9.17, 15) is 0 Å². The van der Waals surface area contributed by atoms with Crippen LogP contribution in [-0.2, 0) is 0 Å². The van der Waals surface area contributed by atoms with E-state index >= 15 is 0 Å². The Morgan fingerprint density at radius 1 is 1.38 bits per heavy atom. The lowest BCUT2D eigenvalue weighted by molar-refractivity contribution is 1.17. The molecule has 4 nitrogen and oxygen atoms in total. The summed E-state index contributed by atoms with van der Waals surface area (Å²) < 4.78 is 0. The fourth-order valence-corrected chi connectivity index (χ4v) is 1.12. The standard InChI is InChI=1S/C7H2Cl2N4/c8-6-1-5(4(2-10)3-11)12-7(9)13-6/h1H,(H,12,13). The predicted octanol–water partition coefficient (Wildman–Crippen LogP) is 1.57. The summed E-state index contributed by atoms with van der Waals surface area (Å²) in [6, 6.07) is 3.37. The zero-order chi connectivity index (χ0) is 9.84. The van der Waals surface area contributed by atoms with Gasteiger partial charge in [-0.3, -0.25) is 0 Å². The Kier molecular flexibility index (Phi) is 2.92. The second-order valence-electron chi connectivity index (χ2n) is 2.00. The SMILES string of the molecule is N#CC(C#N)=C1C=C(Cl)NC(Cl)=N1. The first-order chi connectivity index (χ1) is 6.17.